The van der Waals surface area contributed by atoms with Crippen molar-refractivity contribution in [2.75, 3.05) is 20.3 Å². The van der Waals surface area contributed by atoms with Gasteiger partial charge >= 0.3 is 0 Å². The fourth-order valence-corrected chi connectivity index (χ4v) is 2.19. The highest BCUT2D eigenvalue weighted by Crippen LogP contribution is 2.27. The van der Waals surface area contributed by atoms with Gasteiger partial charge in [0.05, 0.1) is 7.11 Å². The minimum Gasteiger partial charge on any atom is -0.497 e. The van der Waals surface area contributed by atoms with Crippen molar-refractivity contribution in [2.45, 2.75) is 12.5 Å². The molecule has 2 aromatic carbocycles. The van der Waals surface area contributed by atoms with Crippen molar-refractivity contribution in [1.29, 1.82) is 0 Å². The summed E-state index contributed by atoms with van der Waals surface area (Å²) in [5.74, 6) is 1.53. The Bertz CT molecular complexity index is 571. The predicted octanol–water partition coefficient (Wildman–Crippen LogP) is 2.31. The summed E-state index contributed by atoms with van der Waals surface area (Å²) in [6, 6.07) is 15.4. The monoisotopic (exact) mass is 287 g/mol. The summed E-state index contributed by atoms with van der Waals surface area (Å²) in [7, 11) is 1.63. The van der Waals surface area contributed by atoms with Crippen LogP contribution in [0.2, 0.25) is 0 Å². The van der Waals surface area contributed by atoms with E-state index in [4.69, 9.17) is 20.3 Å². The van der Waals surface area contributed by atoms with E-state index in [1.165, 1.54) is 0 Å². The van der Waals surface area contributed by atoms with Gasteiger partial charge < -0.3 is 20.3 Å². The van der Waals surface area contributed by atoms with Crippen LogP contribution in [0, 0.1) is 0 Å². The zero-order valence-corrected chi connectivity index (χ0v) is 12.2. The maximum atomic E-state index is 9.12. The van der Waals surface area contributed by atoms with Gasteiger partial charge in [-0.1, -0.05) is 30.3 Å². The van der Waals surface area contributed by atoms with Gasteiger partial charge in [0.25, 0.3) is 0 Å². The first-order valence-corrected chi connectivity index (χ1v) is 6.98. The summed E-state index contributed by atoms with van der Waals surface area (Å²) in [4.78, 5) is 0. The Hall–Kier alpha value is -2.04. The van der Waals surface area contributed by atoms with Crippen molar-refractivity contribution in [3.63, 3.8) is 0 Å². The second-order valence-electron chi connectivity index (χ2n) is 4.70. The van der Waals surface area contributed by atoms with Gasteiger partial charge in [0.1, 0.15) is 17.6 Å². The molecular weight excluding hydrogens is 266 g/mol. The van der Waals surface area contributed by atoms with E-state index in [0.29, 0.717) is 13.0 Å². The van der Waals surface area contributed by atoms with Gasteiger partial charge in [-0.3, -0.25) is 0 Å². The number of hydrogen-bond donors (Lipinski definition) is 2. The molecule has 0 aliphatic carbocycles. The van der Waals surface area contributed by atoms with Crippen LogP contribution < -0.4 is 15.2 Å². The third kappa shape index (κ3) is 3.97. The lowest BCUT2D eigenvalue weighted by Gasteiger charge is -2.20. The molecule has 1 unspecified atom stereocenters. The third-order valence-electron chi connectivity index (χ3n) is 3.30. The highest BCUT2D eigenvalue weighted by Gasteiger charge is 2.14. The van der Waals surface area contributed by atoms with Gasteiger partial charge in [0, 0.05) is 13.2 Å². The molecule has 21 heavy (non-hydrogen) atoms. The van der Waals surface area contributed by atoms with E-state index in [-0.39, 0.29) is 12.7 Å². The number of para-hydroxylation sites is 1. The SMILES string of the molecule is COc1cccc(C(CN)Oc2ccccc2CCO)c1. The topological polar surface area (TPSA) is 64.7 Å². The van der Waals surface area contributed by atoms with E-state index in [1.807, 2.05) is 48.5 Å². The first-order chi connectivity index (χ1) is 10.3. The van der Waals surface area contributed by atoms with Gasteiger partial charge in [-0.25, -0.2) is 0 Å². The lowest BCUT2D eigenvalue weighted by atomic mass is 10.1. The first-order valence-electron chi connectivity index (χ1n) is 6.98. The van der Waals surface area contributed by atoms with Crippen LogP contribution in [0.25, 0.3) is 0 Å². The van der Waals surface area contributed by atoms with Crippen molar-refractivity contribution >= 4 is 0 Å². The summed E-state index contributed by atoms with van der Waals surface area (Å²) >= 11 is 0. The second-order valence-corrected chi connectivity index (χ2v) is 4.70. The summed E-state index contributed by atoms with van der Waals surface area (Å²) < 4.78 is 11.3. The minimum atomic E-state index is -0.250. The molecule has 112 valence electrons. The Morgan fingerprint density at radius 1 is 1.14 bits per heavy atom. The van der Waals surface area contributed by atoms with Crippen molar-refractivity contribution < 1.29 is 14.6 Å². The van der Waals surface area contributed by atoms with Crippen LogP contribution in [0.5, 0.6) is 11.5 Å². The third-order valence-corrected chi connectivity index (χ3v) is 3.30. The van der Waals surface area contributed by atoms with E-state index in [0.717, 1.165) is 22.6 Å². The van der Waals surface area contributed by atoms with E-state index < -0.39 is 0 Å². The Morgan fingerprint density at radius 3 is 2.67 bits per heavy atom. The average molecular weight is 287 g/mol. The molecule has 0 aliphatic heterocycles. The smallest absolute Gasteiger partial charge is 0.136 e. The molecule has 0 heterocycles. The van der Waals surface area contributed by atoms with Gasteiger partial charge in [0.2, 0.25) is 0 Å². The van der Waals surface area contributed by atoms with Crippen LogP contribution in [0.1, 0.15) is 17.2 Å². The van der Waals surface area contributed by atoms with Gasteiger partial charge in [-0.2, -0.15) is 0 Å². The number of aliphatic hydroxyl groups excluding tert-OH is 1. The molecule has 2 aromatic rings. The molecule has 4 heteroatoms. The molecule has 4 nitrogen and oxygen atoms in total. The molecule has 0 saturated heterocycles. The quantitative estimate of drug-likeness (QED) is 0.820. The minimum absolute atomic E-state index is 0.0901. The molecule has 0 radical (unpaired) electrons. The maximum absolute atomic E-state index is 9.12. The number of benzene rings is 2. The Labute approximate surface area is 125 Å². The predicted molar refractivity (Wildman–Crippen MR) is 82.6 cm³/mol. The first kappa shape index (κ1) is 15.4. The van der Waals surface area contributed by atoms with Crippen LogP contribution in [-0.2, 0) is 6.42 Å². The van der Waals surface area contributed by atoms with Gasteiger partial charge in [-0.05, 0) is 35.7 Å². The number of methoxy groups -OCH3 is 1. The highest BCUT2D eigenvalue weighted by molar-refractivity contribution is 5.35. The summed E-state index contributed by atoms with van der Waals surface area (Å²) in [5, 5.41) is 9.12. The average Bonchev–Trinajstić information content (AvgIpc) is 2.54. The van der Waals surface area contributed by atoms with Crippen LogP contribution in [0.15, 0.2) is 48.5 Å². The number of hydrogen-bond acceptors (Lipinski definition) is 4. The Morgan fingerprint density at radius 2 is 1.95 bits per heavy atom. The molecule has 0 spiro atoms. The van der Waals surface area contributed by atoms with Crippen molar-refractivity contribution in [1.82, 2.24) is 0 Å². The van der Waals surface area contributed by atoms with Crippen LogP contribution >= 0.6 is 0 Å². The number of aliphatic hydroxyl groups is 1. The van der Waals surface area contributed by atoms with Crippen molar-refractivity contribution in [2.24, 2.45) is 5.73 Å². The van der Waals surface area contributed by atoms with Gasteiger partial charge in [-0.15, -0.1) is 0 Å². The van der Waals surface area contributed by atoms with E-state index in [2.05, 4.69) is 0 Å². The molecule has 0 amide bonds. The number of ether oxygens (including phenoxy) is 2. The maximum Gasteiger partial charge on any atom is 0.136 e. The molecule has 0 aliphatic rings. The summed E-state index contributed by atoms with van der Waals surface area (Å²) in [6.07, 6.45) is 0.311. The molecule has 3 N–H and O–H groups in total. The molecular formula is C17H21NO3. The number of nitrogens with two attached hydrogens (primary N) is 1. The Balaban J connectivity index is 2.22. The molecule has 0 saturated carbocycles. The van der Waals surface area contributed by atoms with Crippen molar-refractivity contribution in [3.05, 3.63) is 59.7 Å². The highest BCUT2D eigenvalue weighted by atomic mass is 16.5. The number of rotatable bonds is 7. The van der Waals surface area contributed by atoms with Crippen LogP contribution in [0.4, 0.5) is 0 Å². The standard InChI is InChI=1S/C17H21NO3/c1-20-15-7-4-6-14(11-15)17(12-18)21-16-8-3-2-5-13(16)9-10-19/h2-8,11,17,19H,9-10,12,18H2,1H3. The molecule has 1 atom stereocenters. The van der Waals surface area contributed by atoms with Crippen molar-refractivity contribution in [3.8, 4) is 11.5 Å². The Kier molecular flexibility index (Phi) is 5.60. The van der Waals surface area contributed by atoms with Crippen LogP contribution in [-0.4, -0.2) is 25.4 Å². The molecule has 0 aromatic heterocycles. The van der Waals surface area contributed by atoms with Gasteiger partial charge in [0.15, 0.2) is 0 Å². The normalized spacial score (nSPS) is 12.0. The molecule has 0 bridgehead atoms. The van der Waals surface area contributed by atoms with Crippen LogP contribution in [0.3, 0.4) is 0 Å². The zero-order chi connectivity index (χ0) is 15.1. The fraction of sp³-hybridized carbons (Fsp3) is 0.294. The molecule has 0 fully saturated rings. The second kappa shape index (κ2) is 7.67. The van der Waals surface area contributed by atoms with E-state index >= 15 is 0 Å². The van der Waals surface area contributed by atoms with E-state index in [9.17, 15) is 0 Å². The lowest BCUT2D eigenvalue weighted by Crippen LogP contribution is -2.19. The fourth-order valence-electron chi connectivity index (χ4n) is 2.19. The van der Waals surface area contributed by atoms with E-state index in [1.54, 1.807) is 7.11 Å². The summed E-state index contributed by atoms with van der Waals surface area (Å²) in [6.45, 7) is 0.452. The lowest BCUT2D eigenvalue weighted by molar-refractivity contribution is 0.209. The largest absolute Gasteiger partial charge is 0.497 e. The summed E-state index contributed by atoms with van der Waals surface area (Å²) in [5.41, 5.74) is 7.79. The zero-order valence-electron chi connectivity index (χ0n) is 12.2. The molecule has 2 rings (SSSR count).